The van der Waals surface area contributed by atoms with Crippen LogP contribution >= 0.6 is 0 Å². The predicted molar refractivity (Wildman–Crippen MR) is 108 cm³/mol. The quantitative estimate of drug-likeness (QED) is 0.372. The molecule has 0 spiro atoms. The van der Waals surface area contributed by atoms with Gasteiger partial charge in [-0.15, -0.1) is 0 Å². The van der Waals surface area contributed by atoms with E-state index in [1.807, 2.05) is 0 Å². The van der Waals surface area contributed by atoms with Gasteiger partial charge in [0.05, 0.1) is 18.6 Å². The maximum absolute atomic E-state index is 13.3. The fourth-order valence-corrected chi connectivity index (χ4v) is 3.51. The summed E-state index contributed by atoms with van der Waals surface area (Å²) in [6.45, 7) is 0. The zero-order valence-corrected chi connectivity index (χ0v) is 17.1. The number of fused-ring (bicyclic) bond motifs is 1. The Bertz CT molecular complexity index is 1230. The number of aromatic hydroxyl groups is 1. The smallest absolute Gasteiger partial charge is 0.229 e. The second-order valence-corrected chi connectivity index (χ2v) is 7.36. The van der Waals surface area contributed by atoms with Gasteiger partial charge in [0, 0.05) is 12.1 Å². The lowest BCUT2D eigenvalue weighted by Crippen LogP contribution is -2.63. The van der Waals surface area contributed by atoms with Crippen molar-refractivity contribution in [2.24, 2.45) is 0 Å². The third-order valence-corrected chi connectivity index (χ3v) is 5.27. The Labute approximate surface area is 185 Å². The molecule has 1 aliphatic heterocycles. The van der Waals surface area contributed by atoms with Gasteiger partial charge in [-0.1, -0.05) is 12.1 Å². The van der Waals surface area contributed by atoms with Crippen molar-refractivity contribution >= 4 is 16.9 Å². The number of aliphatic carboxylic acids is 1. The van der Waals surface area contributed by atoms with E-state index in [0.29, 0.717) is 5.56 Å². The lowest BCUT2D eigenvalue weighted by Gasteiger charge is -2.40. The van der Waals surface area contributed by atoms with Crippen molar-refractivity contribution in [3.05, 3.63) is 52.9 Å². The number of carbonyl (C=O) groups excluding carboxylic acids is 1. The number of carbonyl (C=O) groups is 1. The number of rotatable bonds is 5. The Kier molecular flexibility index (Phi) is 5.95. The van der Waals surface area contributed by atoms with Crippen molar-refractivity contribution in [2.45, 2.75) is 30.7 Å². The maximum atomic E-state index is 13.3. The van der Waals surface area contributed by atoms with E-state index in [9.17, 15) is 35.1 Å². The van der Waals surface area contributed by atoms with E-state index in [1.54, 1.807) is 0 Å². The molecule has 0 aliphatic carbocycles. The molecular weight excluding hydrogens is 440 g/mol. The highest BCUT2D eigenvalue weighted by atomic mass is 16.7. The van der Waals surface area contributed by atoms with Gasteiger partial charge in [-0.25, -0.2) is 0 Å². The Balaban J connectivity index is 1.82. The van der Waals surface area contributed by atoms with Crippen LogP contribution in [0.15, 0.2) is 51.9 Å². The highest BCUT2D eigenvalue weighted by Gasteiger charge is 2.45. The topological polar surface area (TPSA) is 179 Å². The molecule has 174 valence electrons. The summed E-state index contributed by atoms with van der Waals surface area (Å²) in [5, 5.41) is 50.8. The second kappa shape index (κ2) is 8.71. The Morgan fingerprint density at radius 2 is 1.76 bits per heavy atom. The average molecular weight is 459 g/mol. The standard InChI is InChI=1S/C22H20O11/c1-30-11-6-13-15(16(24)12(8-31-13)9-2-4-10(23)5-3-9)14(7-11)32-22-19(27)17(25)18(26)20(33-22)21(28)29/h2-8,17-20,22-23,25-27H,1H3,(H,28,29)/p-1/t17-,18-,19+,20-,22+/m0/s1. The second-order valence-electron chi connectivity index (χ2n) is 7.36. The van der Waals surface area contributed by atoms with E-state index in [4.69, 9.17) is 18.6 Å². The number of hydrogen-bond acceptors (Lipinski definition) is 11. The third-order valence-electron chi connectivity index (χ3n) is 5.27. The Morgan fingerprint density at radius 1 is 1.06 bits per heavy atom. The van der Waals surface area contributed by atoms with Gasteiger partial charge in [-0.2, -0.15) is 0 Å². The lowest BCUT2D eigenvalue weighted by molar-refractivity contribution is -0.342. The summed E-state index contributed by atoms with van der Waals surface area (Å²) in [6.07, 6.45) is -8.29. The summed E-state index contributed by atoms with van der Waals surface area (Å²) in [4.78, 5) is 24.6. The van der Waals surface area contributed by atoms with Gasteiger partial charge >= 0.3 is 0 Å². The average Bonchev–Trinajstić information content (AvgIpc) is 2.79. The number of phenols is 1. The molecule has 1 aliphatic rings. The van der Waals surface area contributed by atoms with Crippen molar-refractivity contribution in [3.8, 4) is 28.4 Å². The normalized spacial score (nSPS) is 25.0. The van der Waals surface area contributed by atoms with Gasteiger partial charge < -0.3 is 49.0 Å². The zero-order chi connectivity index (χ0) is 23.9. The summed E-state index contributed by atoms with van der Waals surface area (Å²) < 4.78 is 21.5. The fourth-order valence-electron chi connectivity index (χ4n) is 3.51. The SMILES string of the molecule is COc1cc(O[C@@H]2O[C@H](C(=O)[O-])[C@@H](O)[C@H](O)[C@H]2O)c2c(=O)c(-c3ccc(O)cc3)coc2c1. The van der Waals surface area contributed by atoms with Crippen LogP contribution in [0.25, 0.3) is 22.1 Å². The van der Waals surface area contributed by atoms with Crippen molar-refractivity contribution in [3.63, 3.8) is 0 Å². The number of benzene rings is 2. The first-order valence-electron chi connectivity index (χ1n) is 9.71. The summed E-state index contributed by atoms with van der Waals surface area (Å²) in [5.74, 6) is -1.81. The van der Waals surface area contributed by atoms with Crippen LogP contribution in [-0.4, -0.2) is 64.2 Å². The molecule has 1 saturated heterocycles. The number of phenolic OH excluding ortho intramolecular Hbond substituents is 1. The largest absolute Gasteiger partial charge is 0.547 e. The van der Waals surface area contributed by atoms with Crippen molar-refractivity contribution in [1.82, 2.24) is 0 Å². The number of aliphatic hydroxyl groups is 3. The molecule has 11 heteroatoms. The Morgan fingerprint density at radius 3 is 2.39 bits per heavy atom. The van der Waals surface area contributed by atoms with E-state index in [1.165, 1.54) is 49.8 Å². The molecule has 33 heavy (non-hydrogen) atoms. The van der Waals surface area contributed by atoms with Crippen LogP contribution in [0, 0.1) is 0 Å². The van der Waals surface area contributed by atoms with Gasteiger partial charge in [0.1, 0.15) is 58.9 Å². The molecule has 1 aromatic heterocycles. The molecule has 4 N–H and O–H groups in total. The number of methoxy groups -OCH3 is 1. The van der Waals surface area contributed by atoms with Gasteiger partial charge in [-0.3, -0.25) is 4.79 Å². The zero-order valence-electron chi connectivity index (χ0n) is 17.1. The van der Waals surface area contributed by atoms with Gasteiger partial charge in [-0.05, 0) is 17.7 Å². The van der Waals surface area contributed by atoms with Crippen molar-refractivity contribution in [2.75, 3.05) is 7.11 Å². The predicted octanol–water partition coefficient (Wildman–Crippen LogP) is -0.889. The number of carboxylic acids is 1. The number of ether oxygens (including phenoxy) is 3. The first kappa shape index (κ1) is 22.6. The molecule has 11 nitrogen and oxygen atoms in total. The van der Waals surface area contributed by atoms with Gasteiger partial charge in [0.15, 0.2) is 0 Å². The molecule has 1 fully saturated rings. The van der Waals surface area contributed by atoms with Crippen LogP contribution in [0.5, 0.6) is 17.2 Å². The molecule has 0 radical (unpaired) electrons. The summed E-state index contributed by atoms with van der Waals surface area (Å²) in [5.41, 5.74) is 0.0848. The van der Waals surface area contributed by atoms with Crippen LogP contribution in [-0.2, 0) is 9.53 Å². The van der Waals surface area contributed by atoms with Crippen molar-refractivity contribution in [1.29, 1.82) is 0 Å². The highest BCUT2D eigenvalue weighted by molar-refractivity contribution is 5.88. The van der Waals surface area contributed by atoms with E-state index < -0.39 is 42.1 Å². The minimum atomic E-state index is -1.99. The molecule has 0 bridgehead atoms. The van der Waals surface area contributed by atoms with Gasteiger partial charge in [0.2, 0.25) is 11.7 Å². The number of aliphatic hydroxyl groups excluding tert-OH is 3. The minimum absolute atomic E-state index is 0.00402. The molecular formula is C22H19O11-. The summed E-state index contributed by atoms with van der Waals surface area (Å²) >= 11 is 0. The Hall–Kier alpha value is -3.64. The van der Waals surface area contributed by atoms with Crippen LogP contribution in [0.2, 0.25) is 0 Å². The summed E-state index contributed by atoms with van der Waals surface area (Å²) in [7, 11) is 1.35. The fraction of sp³-hybridized carbons (Fsp3) is 0.273. The molecule has 0 saturated carbocycles. The summed E-state index contributed by atoms with van der Waals surface area (Å²) in [6, 6.07) is 8.51. The monoisotopic (exact) mass is 459 g/mol. The van der Waals surface area contributed by atoms with Crippen LogP contribution in [0.1, 0.15) is 0 Å². The molecule has 0 amide bonds. The van der Waals surface area contributed by atoms with E-state index in [2.05, 4.69) is 0 Å². The molecule has 4 rings (SSSR count). The minimum Gasteiger partial charge on any atom is -0.547 e. The highest BCUT2D eigenvalue weighted by Crippen LogP contribution is 2.34. The van der Waals surface area contributed by atoms with Crippen LogP contribution in [0.3, 0.4) is 0 Å². The van der Waals surface area contributed by atoms with E-state index in [-0.39, 0.29) is 33.8 Å². The maximum Gasteiger partial charge on any atom is 0.229 e. The first-order valence-corrected chi connectivity index (χ1v) is 9.71. The third kappa shape index (κ3) is 4.10. The number of carboxylic acid groups (broad SMARTS) is 1. The van der Waals surface area contributed by atoms with E-state index in [0.717, 1.165) is 0 Å². The number of hydrogen-bond donors (Lipinski definition) is 4. The van der Waals surface area contributed by atoms with Crippen LogP contribution in [0.4, 0.5) is 0 Å². The lowest BCUT2D eigenvalue weighted by atomic mass is 9.99. The molecule has 5 atom stereocenters. The molecule has 2 aromatic carbocycles. The first-order chi connectivity index (χ1) is 15.7. The van der Waals surface area contributed by atoms with Crippen LogP contribution < -0.4 is 20.0 Å². The molecule has 2 heterocycles. The van der Waals surface area contributed by atoms with Crippen molar-refractivity contribution < 1.29 is 49.0 Å². The molecule has 3 aromatic rings. The van der Waals surface area contributed by atoms with E-state index >= 15 is 0 Å². The van der Waals surface area contributed by atoms with Gasteiger partial charge in [0.25, 0.3) is 0 Å². The molecule has 0 unspecified atom stereocenters.